The van der Waals surface area contributed by atoms with E-state index in [0.717, 1.165) is 5.69 Å². The summed E-state index contributed by atoms with van der Waals surface area (Å²) in [5, 5.41) is 3.18. The first kappa shape index (κ1) is 9.46. The van der Waals surface area contributed by atoms with Crippen LogP contribution in [-0.4, -0.2) is 25.1 Å². The average molecular weight is 191 g/mol. The second-order valence-corrected chi connectivity index (χ2v) is 3.79. The minimum atomic E-state index is 0.334. The highest BCUT2D eigenvalue weighted by Crippen LogP contribution is 2.20. The Morgan fingerprint density at radius 1 is 1.43 bits per heavy atom. The van der Waals surface area contributed by atoms with Crippen LogP contribution in [0, 0.1) is 0 Å². The van der Waals surface area contributed by atoms with E-state index in [1.54, 1.807) is 0 Å². The fraction of sp³-hybridized carbons (Fsp3) is 0.545. The van der Waals surface area contributed by atoms with Gasteiger partial charge in [0, 0.05) is 19.1 Å². The van der Waals surface area contributed by atoms with E-state index in [2.05, 4.69) is 34.3 Å². The summed E-state index contributed by atoms with van der Waals surface area (Å²) in [6, 6.07) is 4.60. The van der Waals surface area contributed by atoms with Crippen molar-refractivity contribution >= 4 is 5.69 Å². The normalized spacial score (nSPS) is 17.7. The Bertz CT molecular complexity index is 266. The number of anilines is 1. The van der Waals surface area contributed by atoms with E-state index in [9.17, 15) is 0 Å². The molecule has 1 N–H and O–H groups in total. The van der Waals surface area contributed by atoms with Crippen molar-refractivity contribution in [2.24, 2.45) is 0 Å². The molecule has 1 aliphatic rings. The van der Waals surface area contributed by atoms with Crippen molar-refractivity contribution in [3.63, 3.8) is 0 Å². The van der Waals surface area contributed by atoms with Gasteiger partial charge in [0.05, 0.1) is 17.6 Å². The first-order valence-corrected chi connectivity index (χ1v) is 5.19. The van der Waals surface area contributed by atoms with Gasteiger partial charge in [-0.3, -0.25) is 4.98 Å². The highest BCUT2D eigenvalue weighted by Gasteiger charge is 2.14. The highest BCUT2D eigenvalue weighted by atomic mass is 15.2. The Hall–Kier alpha value is -1.09. The summed E-state index contributed by atoms with van der Waals surface area (Å²) in [5.74, 6) is 0. The van der Waals surface area contributed by atoms with E-state index < -0.39 is 0 Å². The van der Waals surface area contributed by atoms with Crippen molar-refractivity contribution in [3.05, 3.63) is 24.0 Å². The molecule has 0 radical (unpaired) electrons. The van der Waals surface area contributed by atoms with Crippen molar-refractivity contribution < 1.29 is 0 Å². The minimum Gasteiger partial charge on any atom is -0.370 e. The summed E-state index contributed by atoms with van der Waals surface area (Å²) in [4.78, 5) is 6.80. The zero-order valence-corrected chi connectivity index (χ0v) is 8.83. The molecule has 0 saturated carbocycles. The van der Waals surface area contributed by atoms with Gasteiger partial charge in [-0.25, -0.2) is 0 Å². The van der Waals surface area contributed by atoms with E-state index in [4.69, 9.17) is 0 Å². The lowest BCUT2D eigenvalue weighted by Gasteiger charge is -2.32. The molecule has 2 heterocycles. The van der Waals surface area contributed by atoms with Gasteiger partial charge in [0.1, 0.15) is 0 Å². The number of hydrogen-bond acceptors (Lipinski definition) is 3. The van der Waals surface area contributed by atoms with E-state index in [1.165, 1.54) is 25.2 Å². The van der Waals surface area contributed by atoms with Crippen LogP contribution in [0.1, 0.15) is 25.1 Å². The number of aromatic nitrogens is 1. The van der Waals surface area contributed by atoms with Gasteiger partial charge in [0.25, 0.3) is 0 Å². The molecule has 0 aliphatic carbocycles. The predicted molar refractivity (Wildman–Crippen MR) is 58.5 cm³/mol. The molecule has 0 spiro atoms. The van der Waals surface area contributed by atoms with Crippen molar-refractivity contribution in [1.29, 1.82) is 0 Å². The molecule has 3 heteroatoms. The van der Waals surface area contributed by atoms with Crippen LogP contribution < -0.4 is 10.2 Å². The Morgan fingerprint density at radius 3 is 2.64 bits per heavy atom. The molecular weight excluding hydrogens is 174 g/mol. The molecule has 1 atom stereocenters. The Kier molecular flexibility index (Phi) is 2.68. The van der Waals surface area contributed by atoms with Crippen LogP contribution in [0.3, 0.4) is 0 Å². The number of pyridine rings is 1. The summed E-state index contributed by atoms with van der Waals surface area (Å²) < 4.78 is 0. The van der Waals surface area contributed by atoms with Gasteiger partial charge in [-0.2, -0.15) is 0 Å². The van der Waals surface area contributed by atoms with Crippen molar-refractivity contribution in [3.8, 4) is 0 Å². The van der Waals surface area contributed by atoms with Crippen LogP contribution in [0.15, 0.2) is 18.3 Å². The Balaban J connectivity index is 2.09. The smallest absolute Gasteiger partial charge is 0.0571 e. The standard InChI is InChI=1S/C11H17N3/c1-9(12-2)11-5-4-10(8-13-11)14-6-3-7-14/h4-5,8-9,12H,3,6-7H2,1-2H3. The zero-order valence-electron chi connectivity index (χ0n) is 8.83. The summed E-state index contributed by atoms with van der Waals surface area (Å²) in [7, 11) is 1.95. The van der Waals surface area contributed by atoms with Gasteiger partial charge in [-0.1, -0.05) is 0 Å². The minimum absolute atomic E-state index is 0.334. The number of nitrogens with zero attached hydrogens (tertiary/aromatic N) is 2. The molecule has 1 fully saturated rings. The molecule has 3 nitrogen and oxygen atoms in total. The lowest BCUT2D eigenvalue weighted by Crippen LogP contribution is -2.37. The van der Waals surface area contributed by atoms with Crippen LogP contribution in [0.2, 0.25) is 0 Å². The van der Waals surface area contributed by atoms with E-state index in [1.807, 2.05) is 13.2 Å². The number of hydrogen-bond donors (Lipinski definition) is 1. The molecular formula is C11H17N3. The van der Waals surface area contributed by atoms with Crippen molar-refractivity contribution in [1.82, 2.24) is 10.3 Å². The van der Waals surface area contributed by atoms with Gasteiger partial charge < -0.3 is 10.2 Å². The van der Waals surface area contributed by atoms with E-state index >= 15 is 0 Å². The maximum Gasteiger partial charge on any atom is 0.0571 e. The molecule has 1 aromatic heterocycles. The van der Waals surface area contributed by atoms with Gasteiger partial charge in [-0.15, -0.1) is 0 Å². The maximum atomic E-state index is 4.45. The molecule has 76 valence electrons. The largest absolute Gasteiger partial charge is 0.370 e. The molecule has 1 saturated heterocycles. The highest BCUT2D eigenvalue weighted by molar-refractivity contribution is 5.46. The summed E-state index contributed by atoms with van der Waals surface area (Å²) in [5.41, 5.74) is 2.36. The van der Waals surface area contributed by atoms with Gasteiger partial charge in [0.15, 0.2) is 0 Å². The fourth-order valence-corrected chi connectivity index (χ4v) is 1.56. The quantitative estimate of drug-likeness (QED) is 0.786. The van der Waals surface area contributed by atoms with Crippen molar-refractivity contribution in [2.75, 3.05) is 25.0 Å². The second-order valence-electron chi connectivity index (χ2n) is 3.79. The molecule has 0 aromatic carbocycles. The third kappa shape index (κ3) is 1.73. The van der Waals surface area contributed by atoms with Crippen LogP contribution in [0.4, 0.5) is 5.69 Å². The van der Waals surface area contributed by atoms with Crippen LogP contribution >= 0.6 is 0 Å². The average Bonchev–Trinajstić information content (AvgIpc) is 2.15. The van der Waals surface area contributed by atoms with Gasteiger partial charge in [0.2, 0.25) is 0 Å². The SMILES string of the molecule is CNC(C)c1ccc(N2CCC2)cn1. The zero-order chi connectivity index (χ0) is 9.97. The third-order valence-electron chi connectivity index (χ3n) is 2.87. The van der Waals surface area contributed by atoms with E-state index in [0.29, 0.717) is 6.04 Å². The van der Waals surface area contributed by atoms with Crippen LogP contribution in [-0.2, 0) is 0 Å². The summed E-state index contributed by atoms with van der Waals surface area (Å²) in [6.45, 7) is 4.48. The second kappa shape index (κ2) is 3.96. The molecule has 1 aromatic rings. The summed E-state index contributed by atoms with van der Waals surface area (Å²) >= 11 is 0. The first-order chi connectivity index (χ1) is 6.81. The van der Waals surface area contributed by atoms with Gasteiger partial charge in [-0.05, 0) is 32.5 Å². The molecule has 1 aliphatic heterocycles. The number of rotatable bonds is 3. The molecule has 14 heavy (non-hydrogen) atoms. The van der Waals surface area contributed by atoms with Crippen LogP contribution in [0.5, 0.6) is 0 Å². The molecule has 2 rings (SSSR count). The maximum absolute atomic E-state index is 4.45. The molecule has 0 amide bonds. The number of nitrogens with one attached hydrogen (secondary N) is 1. The third-order valence-corrected chi connectivity index (χ3v) is 2.87. The van der Waals surface area contributed by atoms with E-state index in [-0.39, 0.29) is 0 Å². The first-order valence-electron chi connectivity index (χ1n) is 5.19. The topological polar surface area (TPSA) is 28.2 Å². The fourth-order valence-electron chi connectivity index (χ4n) is 1.56. The monoisotopic (exact) mass is 191 g/mol. The van der Waals surface area contributed by atoms with Gasteiger partial charge >= 0.3 is 0 Å². The predicted octanol–water partition coefficient (Wildman–Crippen LogP) is 1.57. The Morgan fingerprint density at radius 2 is 2.21 bits per heavy atom. The molecule has 1 unspecified atom stereocenters. The van der Waals surface area contributed by atoms with Crippen molar-refractivity contribution in [2.45, 2.75) is 19.4 Å². The summed E-state index contributed by atoms with van der Waals surface area (Å²) in [6.07, 6.45) is 3.29. The lowest BCUT2D eigenvalue weighted by atomic mass is 10.1. The Labute approximate surface area is 85.1 Å². The van der Waals surface area contributed by atoms with Crippen LogP contribution in [0.25, 0.3) is 0 Å². The molecule has 0 bridgehead atoms. The lowest BCUT2D eigenvalue weighted by molar-refractivity contribution is 0.611.